The van der Waals surface area contributed by atoms with Gasteiger partial charge in [-0.3, -0.25) is 0 Å². The van der Waals surface area contributed by atoms with Crippen LogP contribution in [0.25, 0.3) is 0 Å². The van der Waals surface area contributed by atoms with Crippen LogP contribution < -0.4 is 19.9 Å². The van der Waals surface area contributed by atoms with Crippen LogP contribution in [0, 0.1) is 0 Å². The molecule has 1 N–H and O–H groups in total. The van der Waals surface area contributed by atoms with E-state index in [-0.39, 0.29) is 12.1 Å². The van der Waals surface area contributed by atoms with Gasteiger partial charge in [-0.25, -0.2) is 4.98 Å². The molecule has 9 heteroatoms. The Morgan fingerprint density at radius 3 is 2.69 bits per heavy atom. The highest BCUT2D eigenvalue weighted by atomic mass is 16.5. The van der Waals surface area contributed by atoms with Crippen molar-refractivity contribution in [2.24, 2.45) is 0 Å². The Bertz CT molecular complexity index is 711. The molecule has 0 spiro atoms. The van der Waals surface area contributed by atoms with E-state index < -0.39 is 0 Å². The molecule has 1 saturated heterocycles. The second kappa shape index (κ2) is 8.24. The van der Waals surface area contributed by atoms with Gasteiger partial charge < -0.3 is 24.6 Å². The van der Waals surface area contributed by atoms with Gasteiger partial charge in [0.25, 0.3) is 0 Å². The molecule has 9 nitrogen and oxygen atoms in total. The lowest BCUT2D eigenvalue weighted by atomic mass is 10.2. The normalized spacial score (nSPS) is 19.6. The van der Waals surface area contributed by atoms with Gasteiger partial charge in [-0.1, -0.05) is 0 Å². The lowest BCUT2D eigenvalue weighted by Crippen LogP contribution is -2.39. The Morgan fingerprint density at radius 2 is 2.04 bits per heavy atom. The predicted octanol–water partition coefficient (Wildman–Crippen LogP) is 0.335. The molecule has 0 bridgehead atoms. The van der Waals surface area contributed by atoms with Crippen molar-refractivity contribution in [1.82, 2.24) is 25.5 Å². The highest BCUT2D eigenvalue weighted by molar-refractivity contribution is 5.45. The first-order valence-corrected chi connectivity index (χ1v) is 8.48. The van der Waals surface area contributed by atoms with Crippen molar-refractivity contribution >= 4 is 11.8 Å². The van der Waals surface area contributed by atoms with Gasteiger partial charge in [0.1, 0.15) is 5.82 Å². The smallest absolute Gasteiger partial charge is 0.233 e. The van der Waals surface area contributed by atoms with E-state index >= 15 is 0 Å². The van der Waals surface area contributed by atoms with Gasteiger partial charge in [0, 0.05) is 53.1 Å². The number of aromatic nitrogens is 4. The molecule has 0 saturated carbocycles. The number of nitrogens with zero attached hydrogens (tertiary/aromatic N) is 6. The van der Waals surface area contributed by atoms with Gasteiger partial charge in [-0.05, 0) is 12.1 Å². The molecule has 1 aliphatic heterocycles. The third-order valence-corrected chi connectivity index (χ3v) is 4.37. The molecular formula is C17H25N7O2. The zero-order chi connectivity index (χ0) is 18.5. The number of hydrogen-bond donors (Lipinski definition) is 1. The van der Waals surface area contributed by atoms with Gasteiger partial charge in [0.15, 0.2) is 0 Å². The Balaban J connectivity index is 1.64. The molecule has 0 radical (unpaired) electrons. The average molecular weight is 359 g/mol. The molecule has 3 rings (SSSR count). The summed E-state index contributed by atoms with van der Waals surface area (Å²) in [5, 5.41) is 11.7. The molecular weight excluding hydrogens is 334 g/mol. The van der Waals surface area contributed by atoms with E-state index in [1.807, 2.05) is 37.2 Å². The molecule has 26 heavy (non-hydrogen) atoms. The summed E-state index contributed by atoms with van der Waals surface area (Å²) in [5.41, 5.74) is 0.857. The topological polar surface area (TPSA) is 88.5 Å². The second-order valence-corrected chi connectivity index (χ2v) is 6.34. The van der Waals surface area contributed by atoms with Crippen LogP contribution in [-0.2, 0) is 11.3 Å². The first kappa shape index (κ1) is 18.3. The summed E-state index contributed by atoms with van der Waals surface area (Å²) in [4.78, 5) is 13.0. The minimum atomic E-state index is 0.0685. The SMILES string of the molecule is COc1ccc(CN[C@H]2CN(c3ccnc(N(C)C)n3)C[C@H]2OC)nn1. The fourth-order valence-electron chi connectivity index (χ4n) is 2.91. The summed E-state index contributed by atoms with van der Waals surface area (Å²) >= 11 is 0. The largest absolute Gasteiger partial charge is 0.480 e. The Labute approximate surface area is 153 Å². The van der Waals surface area contributed by atoms with E-state index in [9.17, 15) is 0 Å². The summed E-state index contributed by atoms with van der Waals surface area (Å²) < 4.78 is 10.7. The van der Waals surface area contributed by atoms with E-state index in [0.29, 0.717) is 18.4 Å². The number of ether oxygens (including phenoxy) is 2. The van der Waals surface area contributed by atoms with E-state index in [0.717, 1.165) is 24.6 Å². The number of nitrogens with one attached hydrogen (secondary N) is 1. The maximum atomic E-state index is 5.66. The van der Waals surface area contributed by atoms with Crippen molar-refractivity contribution in [3.63, 3.8) is 0 Å². The number of rotatable bonds is 7. The Hall–Kier alpha value is -2.52. The van der Waals surface area contributed by atoms with Crippen LogP contribution in [0.1, 0.15) is 5.69 Å². The van der Waals surface area contributed by atoms with Crippen LogP contribution in [0.2, 0.25) is 0 Å². The van der Waals surface area contributed by atoms with Gasteiger partial charge in [0.2, 0.25) is 11.8 Å². The Kier molecular flexibility index (Phi) is 5.79. The van der Waals surface area contributed by atoms with Crippen LogP contribution >= 0.6 is 0 Å². The van der Waals surface area contributed by atoms with Gasteiger partial charge in [0.05, 0.1) is 24.9 Å². The number of anilines is 2. The fraction of sp³-hybridized carbons (Fsp3) is 0.529. The van der Waals surface area contributed by atoms with Crippen LogP contribution in [0.3, 0.4) is 0 Å². The highest BCUT2D eigenvalue weighted by Gasteiger charge is 2.33. The second-order valence-electron chi connectivity index (χ2n) is 6.34. The number of methoxy groups -OCH3 is 2. The summed E-state index contributed by atoms with van der Waals surface area (Å²) in [6.07, 6.45) is 1.85. The predicted molar refractivity (Wildman–Crippen MR) is 98.6 cm³/mol. The third kappa shape index (κ3) is 4.17. The first-order chi connectivity index (χ1) is 12.6. The van der Waals surface area contributed by atoms with Crippen LogP contribution in [0.5, 0.6) is 5.88 Å². The first-order valence-electron chi connectivity index (χ1n) is 8.48. The van der Waals surface area contributed by atoms with Crippen LogP contribution in [0.15, 0.2) is 24.4 Å². The van der Waals surface area contributed by atoms with E-state index in [2.05, 4.69) is 30.4 Å². The molecule has 0 amide bonds. The lowest BCUT2D eigenvalue weighted by Gasteiger charge is -2.19. The van der Waals surface area contributed by atoms with Crippen molar-refractivity contribution in [2.45, 2.75) is 18.7 Å². The summed E-state index contributed by atoms with van der Waals surface area (Å²) in [7, 11) is 7.18. The zero-order valence-corrected chi connectivity index (χ0v) is 15.6. The molecule has 0 unspecified atom stereocenters. The molecule has 1 fully saturated rings. The minimum Gasteiger partial charge on any atom is -0.480 e. The quantitative estimate of drug-likeness (QED) is 0.751. The molecule has 2 aromatic rings. The van der Waals surface area contributed by atoms with E-state index in [1.165, 1.54) is 0 Å². The summed E-state index contributed by atoms with van der Waals surface area (Å²) in [6, 6.07) is 5.81. The molecule has 1 aliphatic rings. The summed E-state index contributed by atoms with van der Waals surface area (Å²) in [6.45, 7) is 2.18. The van der Waals surface area contributed by atoms with Gasteiger partial charge in [-0.15, -0.1) is 5.10 Å². The molecule has 0 aromatic carbocycles. The summed E-state index contributed by atoms with van der Waals surface area (Å²) in [5.74, 6) is 2.11. The third-order valence-electron chi connectivity index (χ3n) is 4.37. The Morgan fingerprint density at radius 1 is 1.19 bits per heavy atom. The molecule has 3 heterocycles. The van der Waals surface area contributed by atoms with Crippen molar-refractivity contribution in [2.75, 3.05) is 51.2 Å². The van der Waals surface area contributed by atoms with Crippen LogP contribution in [-0.4, -0.2) is 73.7 Å². The minimum absolute atomic E-state index is 0.0685. The zero-order valence-electron chi connectivity index (χ0n) is 15.6. The van der Waals surface area contributed by atoms with E-state index in [1.54, 1.807) is 20.4 Å². The fourth-order valence-corrected chi connectivity index (χ4v) is 2.91. The van der Waals surface area contributed by atoms with Gasteiger partial charge >= 0.3 is 0 Å². The van der Waals surface area contributed by atoms with Gasteiger partial charge in [-0.2, -0.15) is 10.1 Å². The standard InChI is InChI=1S/C17H25N7O2/c1-23(2)17-18-8-7-15(20-17)24-10-13(14(11-24)25-3)19-9-12-5-6-16(26-4)22-21-12/h5-8,13-14,19H,9-11H2,1-4H3/t13-,14+/m0/s1. The maximum absolute atomic E-state index is 5.66. The molecule has 0 aliphatic carbocycles. The van der Waals surface area contributed by atoms with Crippen molar-refractivity contribution in [3.05, 3.63) is 30.1 Å². The van der Waals surface area contributed by atoms with Crippen molar-refractivity contribution in [3.8, 4) is 5.88 Å². The average Bonchev–Trinajstić information content (AvgIpc) is 3.10. The monoisotopic (exact) mass is 359 g/mol. The maximum Gasteiger partial charge on any atom is 0.233 e. The van der Waals surface area contributed by atoms with Crippen molar-refractivity contribution in [1.29, 1.82) is 0 Å². The molecule has 2 aromatic heterocycles. The lowest BCUT2D eigenvalue weighted by molar-refractivity contribution is 0.0965. The number of hydrogen-bond acceptors (Lipinski definition) is 9. The van der Waals surface area contributed by atoms with Crippen molar-refractivity contribution < 1.29 is 9.47 Å². The van der Waals surface area contributed by atoms with Crippen LogP contribution in [0.4, 0.5) is 11.8 Å². The highest BCUT2D eigenvalue weighted by Crippen LogP contribution is 2.21. The van der Waals surface area contributed by atoms with E-state index in [4.69, 9.17) is 9.47 Å². The molecule has 140 valence electrons. The molecule has 2 atom stereocenters.